The number of ether oxygens (including phenoxy) is 1. The first-order valence-electron chi connectivity index (χ1n) is 22.2. The Balaban J connectivity index is 0.850. The Morgan fingerprint density at radius 2 is 1.71 bits per heavy atom. The molecule has 332 valence electrons. The highest BCUT2D eigenvalue weighted by atomic mass is 19.1. The highest BCUT2D eigenvalue weighted by Gasteiger charge is 2.36. The van der Waals surface area contributed by atoms with Crippen molar-refractivity contribution >= 4 is 51.9 Å². The van der Waals surface area contributed by atoms with Gasteiger partial charge in [0.15, 0.2) is 0 Å². The second-order valence-electron chi connectivity index (χ2n) is 17.5. The maximum atomic E-state index is 15.3. The van der Waals surface area contributed by atoms with Crippen LogP contribution in [0.25, 0.3) is 16.6 Å². The van der Waals surface area contributed by atoms with Gasteiger partial charge in [0.1, 0.15) is 11.6 Å². The van der Waals surface area contributed by atoms with Gasteiger partial charge in [0.2, 0.25) is 29.6 Å². The Labute approximate surface area is 364 Å². The number of rotatable bonds is 6. The van der Waals surface area contributed by atoms with E-state index in [2.05, 4.69) is 51.5 Å². The molecule has 63 heavy (non-hydrogen) atoms. The smallest absolute Gasteiger partial charge is 0.258 e. The van der Waals surface area contributed by atoms with Gasteiger partial charge in [-0.05, 0) is 87.4 Å². The summed E-state index contributed by atoms with van der Waals surface area (Å²) in [5.41, 5.74) is 9.08. The van der Waals surface area contributed by atoms with Gasteiger partial charge in [-0.1, -0.05) is 13.0 Å². The van der Waals surface area contributed by atoms with E-state index < -0.39 is 29.4 Å². The lowest BCUT2D eigenvalue weighted by molar-refractivity contribution is -0.137. The number of halogens is 2. The zero-order valence-corrected chi connectivity index (χ0v) is 36.0. The Morgan fingerprint density at radius 3 is 2.48 bits per heavy atom. The number of piperazine rings is 1. The molecule has 3 saturated heterocycles. The number of nitrogens with zero attached hydrogens (tertiary/aromatic N) is 7. The molecule has 4 amide bonds. The highest BCUT2D eigenvalue weighted by Crippen LogP contribution is 2.35. The van der Waals surface area contributed by atoms with Crippen molar-refractivity contribution in [3.63, 3.8) is 0 Å². The van der Waals surface area contributed by atoms with Crippen molar-refractivity contribution in [2.75, 3.05) is 69.2 Å². The van der Waals surface area contributed by atoms with Gasteiger partial charge < -0.3 is 19.1 Å². The third kappa shape index (κ3) is 8.72. The number of aryl methyl sites for hydroxylation is 1. The molecule has 3 atom stereocenters. The van der Waals surface area contributed by atoms with Gasteiger partial charge in [0.05, 0.1) is 40.7 Å². The summed E-state index contributed by atoms with van der Waals surface area (Å²) in [7, 11) is 0. The van der Waals surface area contributed by atoms with E-state index in [0.29, 0.717) is 94.8 Å². The van der Waals surface area contributed by atoms with Crippen molar-refractivity contribution in [3.8, 4) is 0 Å². The average molecular weight is 865 g/mol. The maximum Gasteiger partial charge on any atom is 0.258 e. The van der Waals surface area contributed by atoms with Gasteiger partial charge in [0.25, 0.3) is 5.91 Å². The summed E-state index contributed by atoms with van der Waals surface area (Å²) < 4.78 is 39.1. The number of hydrogen-bond acceptors (Lipinski definition) is 11. The van der Waals surface area contributed by atoms with Gasteiger partial charge in [-0.3, -0.25) is 44.7 Å². The molecule has 2 aromatic heterocycles. The zero-order valence-electron chi connectivity index (χ0n) is 36.0. The van der Waals surface area contributed by atoms with Crippen LogP contribution in [-0.4, -0.2) is 112 Å². The fourth-order valence-electron chi connectivity index (χ4n) is 9.68. The maximum absolute atomic E-state index is 15.3. The molecule has 5 aliphatic rings. The minimum atomic E-state index is -1.06. The lowest BCUT2D eigenvalue weighted by atomic mass is 9.89. The van der Waals surface area contributed by atoms with E-state index in [-0.39, 0.29) is 42.1 Å². The van der Waals surface area contributed by atoms with Crippen molar-refractivity contribution in [2.45, 2.75) is 71.9 Å². The number of carbonyl (C=O) groups excluding carboxylic acids is 4. The fourth-order valence-corrected chi connectivity index (χ4v) is 9.68. The third-order valence-electron chi connectivity index (χ3n) is 13.0. The Hall–Kier alpha value is -5.94. The largest absolute Gasteiger partial charge is 0.478 e. The summed E-state index contributed by atoms with van der Waals surface area (Å²) in [6.45, 7) is 12.7. The lowest BCUT2D eigenvalue weighted by Crippen LogP contribution is -2.50. The third-order valence-corrected chi connectivity index (χ3v) is 13.0. The number of anilines is 2. The number of pyridine rings is 1. The van der Waals surface area contributed by atoms with Crippen LogP contribution in [0, 0.1) is 30.4 Å². The summed E-state index contributed by atoms with van der Waals surface area (Å²) in [6, 6.07) is 12.3. The molecule has 4 aromatic rings. The number of imidazole rings is 1. The highest BCUT2D eigenvalue weighted by molar-refractivity contribution is 6.04. The predicted molar refractivity (Wildman–Crippen MR) is 232 cm³/mol. The first-order valence-corrected chi connectivity index (χ1v) is 22.2. The molecule has 7 heterocycles. The Bertz CT molecular complexity index is 2480. The van der Waals surface area contributed by atoms with Crippen LogP contribution in [0.5, 0.6) is 0 Å². The van der Waals surface area contributed by atoms with Crippen LogP contribution in [-0.2, 0) is 32.2 Å². The second kappa shape index (κ2) is 17.7. The summed E-state index contributed by atoms with van der Waals surface area (Å²) in [5, 5.41) is 7.30. The molecule has 2 aromatic carbocycles. The number of benzene rings is 2. The monoisotopic (exact) mass is 864 g/mol. The van der Waals surface area contributed by atoms with Crippen LogP contribution >= 0.6 is 0 Å². The summed E-state index contributed by atoms with van der Waals surface area (Å²) >= 11 is 0. The molecule has 17 heteroatoms. The van der Waals surface area contributed by atoms with E-state index in [1.165, 1.54) is 12.1 Å². The molecule has 0 spiro atoms. The average Bonchev–Trinajstić information content (AvgIpc) is 4.00. The van der Waals surface area contributed by atoms with Crippen LogP contribution < -0.4 is 21.0 Å². The summed E-state index contributed by atoms with van der Waals surface area (Å²) in [5.74, 6) is -2.86. The van der Waals surface area contributed by atoms with Crippen LogP contribution in [0.1, 0.15) is 84.7 Å². The van der Waals surface area contributed by atoms with Gasteiger partial charge in [-0.15, -0.1) is 0 Å². The van der Waals surface area contributed by atoms with Crippen molar-refractivity contribution in [3.05, 3.63) is 88.1 Å². The molecular weight excluding hydrogens is 811 g/mol. The van der Waals surface area contributed by atoms with Crippen LogP contribution in [0.2, 0.25) is 0 Å². The number of carbonyl (C=O) groups is 4. The molecule has 9 rings (SSSR count). The molecule has 2 bridgehead atoms. The molecule has 0 radical (unpaired) electrons. The van der Waals surface area contributed by atoms with Crippen LogP contribution in [0.15, 0.2) is 48.3 Å². The molecule has 0 saturated carbocycles. The molecule has 5 aliphatic heterocycles. The standard InChI is InChI=1S/C46H54F2N10O5/c1-4-58-45-34(23-49-58)38-20-31(18-28(3)50-38)42(60)53-46-51-37-9-7-29(19-39(37)57(46)24-27(2)6-5-17-63-45)25-54-13-15-55(16-14-54)44(62)30-11-12-56(26-30)32-21-35(47)41(36(48)22-32)33-8-10-40(59)52-43(33)61/h7,9,18-22,27,30,33,49H,4-6,8,10-17,23-26H2,1-3H3,(H,51,53,60)(H,52,59,61)/t27-,30-,33-/m1/s1. The predicted octanol–water partition coefficient (Wildman–Crippen LogP) is 4.92. The topological polar surface area (TPSA) is 157 Å². The first-order chi connectivity index (χ1) is 30.4. The van der Waals surface area contributed by atoms with Crippen molar-refractivity contribution in [2.24, 2.45) is 11.8 Å². The minimum absolute atomic E-state index is 0.0224. The quantitative estimate of drug-likeness (QED) is 0.226. The molecule has 3 fully saturated rings. The number of aromatic nitrogens is 3. The van der Waals surface area contributed by atoms with Crippen LogP contribution in [0.3, 0.4) is 0 Å². The van der Waals surface area contributed by atoms with Crippen molar-refractivity contribution in [1.82, 2.24) is 40.1 Å². The molecule has 15 nitrogen and oxygen atoms in total. The number of nitrogens with one attached hydrogen (secondary N) is 3. The molecule has 3 N–H and O–H groups in total. The van der Waals surface area contributed by atoms with E-state index in [0.717, 1.165) is 53.1 Å². The Kier molecular flexibility index (Phi) is 11.9. The number of imide groups is 1. The normalized spacial score (nSPS) is 22.7. The number of amides is 4. The van der Waals surface area contributed by atoms with Gasteiger partial charge >= 0.3 is 0 Å². The Morgan fingerprint density at radius 1 is 0.921 bits per heavy atom. The fraction of sp³-hybridized carbons (Fsp3) is 0.478. The minimum Gasteiger partial charge on any atom is -0.478 e. The van der Waals surface area contributed by atoms with E-state index in [4.69, 9.17) is 14.7 Å². The van der Waals surface area contributed by atoms with E-state index >= 15 is 8.78 Å². The molecule has 0 unspecified atom stereocenters. The summed E-state index contributed by atoms with van der Waals surface area (Å²) in [6.07, 6.45) is 2.41. The van der Waals surface area contributed by atoms with Crippen LogP contribution in [0.4, 0.5) is 20.4 Å². The van der Waals surface area contributed by atoms with E-state index in [9.17, 15) is 19.2 Å². The first kappa shape index (κ1) is 42.4. The van der Waals surface area contributed by atoms with Crippen molar-refractivity contribution in [1.29, 1.82) is 0 Å². The molecule has 0 aliphatic carbocycles. The molecular formula is C46H54F2N10O5. The van der Waals surface area contributed by atoms with Gasteiger partial charge in [-0.2, -0.15) is 0 Å². The van der Waals surface area contributed by atoms with Crippen molar-refractivity contribution < 1.29 is 32.7 Å². The SMILES string of the molecule is CCN1NCC2=C1OCCC[C@@H](C)Cn1c(nc3ccc(CN4CCN(C(=O)[C@@H]5CCN(c6cc(F)c([C@H]7CCC(=O)NC7=O)c(F)c6)C5)CC4)cc31)NC(=O)c1cc(C)nc2c1. The number of hydrogen-bond donors (Lipinski definition) is 3. The lowest BCUT2D eigenvalue weighted by Gasteiger charge is -2.36. The van der Waals surface area contributed by atoms with E-state index in [1.54, 1.807) is 6.07 Å². The number of hydrazine groups is 1. The number of piperidine rings is 1. The van der Waals surface area contributed by atoms with Gasteiger partial charge in [0, 0.05) is 94.4 Å². The zero-order chi connectivity index (χ0) is 43.9. The summed E-state index contributed by atoms with van der Waals surface area (Å²) in [4.78, 5) is 67.3. The second-order valence-corrected chi connectivity index (χ2v) is 17.5. The number of fused-ring (bicyclic) bond motifs is 6. The van der Waals surface area contributed by atoms with Gasteiger partial charge in [-0.25, -0.2) is 19.2 Å². The van der Waals surface area contributed by atoms with E-state index in [1.807, 2.05) is 33.9 Å².